The van der Waals surface area contributed by atoms with Crippen LogP contribution in [-0.4, -0.2) is 23.8 Å². The van der Waals surface area contributed by atoms with Gasteiger partial charge in [0.2, 0.25) is 11.7 Å². The number of benzene rings is 2. The lowest BCUT2D eigenvalue weighted by atomic mass is 10.0. The van der Waals surface area contributed by atoms with Gasteiger partial charge in [-0.25, -0.2) is 0 Å². The molecule has 140 valence electrons. The van der Waals surface area contributed by atoms with Crippen LogP contribution in [0.1, 0.15) is 47.3 Å². The minimum absolute atomic E-state index is 0.0716. The highest BCUT2D eigenvalue weighted by Crippen LogP contribution is 2.23. The van der Waals surface area contributed by atoms with Gasteiger partial charge in [0.15, 0.2) is 6.10 Å². The Morgan fingerprint density at radius 2 is 1.74 bits per heavy atom. The second-order valence-corrected chi connectivity index (χ2v) is 6.89. The molecule has 0 saturated carbocycles. The van der Waals surface area contributed by atoms with Gasteiger partial charge in [0, 0.05) is 18.2 Å². The lowest BCUT2D eigenvalue weighted by molar-refractivity contribution is -0.145. The molecule has 1 N–H and O–H groups in total. The maximum atomic E-state index is 12.6. The number of esters is 1. The van der Waals surface area contributed by atoms with Crippen LogP contribution in [0.15, 0.2) is 42.5 Å². The van der Waals surface area contributed by atoms with Crippen LogP contribution in [-0.2, 0) is 33.6 Å². The highest BCUT2D eigenvalue weighted by Gasteiger charge is 2.21. The lowest BCUT2D eigenvalue weighted by Gasteiger charge is -2.13. The summed E-state index contributed by atoms with van der Waals surface area (Å²) < 4.78 is 5.33. The first-order chi connectivity index (χ1) is 12.9. The number of aryl methyl sites for hydroxylation is 2. The number of ketones is 1. The largest absolute Gasteiger partial charge is 0.454 e. The fourth-order valence-corrected chi connectivity index (χ4v) is 3.33. The molecule has 0 aromatic heterocycles. The zero-order chi connectivity index (χ0) is 19.4. The van der Waals surface area contributed by atoms with Gasteiger partial charge in [0.1, 0.15) is 0 Å². The van der Waals surface area contributed by atoms with Gasteiger partial charge in [0.05, 0.1) is 6.42 Å². The Labute approximate surface area is 158 Å². The van der Waals surface area contributed by atoms with Gasteiger partial charge < -0.3 is 10.1 Å². The summed E-state index contributed by atoms with van der Waals surface area (Å²) in [5.41, 5.74) is 4.54. The number of hydrogen-bond acceptors (Lipinski definition) is 4. The molecular weight excluding hydrogens is 342 g/mol. The summed E-state index contributed by atoms with van der Waals surface area (Å²) in [4.78, 5) is 35.7. The molecule has 0 heterocycles. The minimum Gasteiger partial charge on any atom is -0.454 e. The molecule has 0 radical (unpaired) electrons. The molecular formula is C22H23NO4. The van der Waals surface area contributed by atoms with E-state index in [1.165, 1.54) is 18.1 Å². The van der Waals surface area contributed by atoms with E-state index in [1.54, 1.807) is 31.2 Å². The van der Waals surface area contributed by atoms with Crippen molar-refractivity contribution in [2.45, 2.75) is 45.6 Å². The van der Waals surface area contributed by atoms with E-state index in [9.17, 15) is 14.4 Å². The number of nitrogens with one attached hydrogen (secondary N) is 1. The molecule has 1 aliphatic carbocycles. The zero-order valence-corrected chi connectivity index (χ0v) is 15.6. The van der Waals surface area contributed by atoms with E-state index in [-0.39, 0.29) is 18.1 Å². The molecule has 0 unspecified atom stereocenters. The first-order valence-corrected chi connectivity index (χ1v) is 9.14. The molecule has 2 aromatic rings. The Kier molecular flexibility index (Phi) is 5.69. The molecule has 0 bridgehead atoms. The van der Waals surface area contributed by atoms with Crippen LogP contribution in [0.4, 0.5) is 5.69 Å². The SMILES string of the molecule is CC(=O)Nc1ccc(CC(=O)O[C@@H](C)C(=O)c2ccc3c(c2)CCC3)cc1. The standard InChI is InChI=1S/C22H23NO4/c1-14(22(26)19-9-8-17-4-3-5-18(17)13-19)27-21(25)12-16-6-10-20(11-7-16)23-15(2)24/h6-11,13-14H,3-5,12H2,1-2H3,(H,23,24)/t14-/m0/s1. The highest BCUT2D eigenvalue weighted by molar-refractivity contribution is 6.00. The van der Waals surface area contributed by atoms with Gasteiger partial charge in [-0.05, 0) is 61.1 Å². The van der Waals surface area contributed by atoms with Crippen molar-refractivity contribution in [2.75, 3.05) is 5.32 Å². The summed E-state index contributed by atoms with van der Waals surface area (Å²) in [5, 5.41) is 2.67. The third kappa shape index (κ3) is 4.82. The number of amides is 1. The van der Waals surface area contributed by atoms with Gasteiger partial charge in [0.25, 0.3) is 0 Å². The fraction of sp³-hybridized carbons (Fsp3) is 0.318. The second kappa shape index (κ2) is 8.16. The number of fused-ring (bicyclic) bond motifs is 1. The maximum Gasteiger partial charge on any atom is 0.310 e. The summed E-state index contributed by atoms with van der Waals surface area (Å²) in [7, 11) is 0. The lowest BCUT2D eigenvalue weighted by Crippen LogP contribution is -2.25. The van der Waals surface area contributed by atoms with Crippen LogP contribution in [0.2, 0.25) is 0 Å². The first-order valence-electron chi connectivity index (χ1n) is 9.14. The molecule has 3 rings (SSSR count). The van der Waals surface area contributed by atoms with Crippen LogP contribution in [0.3, 0.4) is 0 Å². The summed E-state index contributed by atoms with van der Waals surface area (Å²) in [6.07, 6.45) is 2.43. The van der Waals surface area contributed by atoms with Gasteiger partial charge in [-0.3, -0.25) is 14.4 Å². The van der Waals surface area contributed by atoms with Crippen molar-refractivity contribution in [1.29, 1.82) is 0 Å². The van der Waals surface area contributed by atoms with Gasteiger partial charge in [-0.2, -0.15) is 0 Å². The van der Waals surface area contributed by atoms with E-state index in [2.05, 4.69) is 5.32 Å². The molecule has 0 spiro atoms. The predicted molar refractivity (Wildman–Crippen MR) is 103 cm³/mol. The van der Waals surface area contributed by atoms with Crippen molar-refractivity contribution in [3.63, 3.8) is 0 Å². The monoisotopic (exact) mass is 365 g/mol. The molecule has 0 aliphatic heterocycles. The molecule has 5 nitrogen and oxygen atoms in total. The zero-order valence-electron chi connectivity index (χ0n) is 15.6. The molecule has 5 heteroatoms. The predicted octanol–water partition coefficient (Wildman–Crippen LogP) is 3.49. The Morgan fingerprint density at radius 1 is 1.04 bits per heavy atom. The van der Waals surface area contributed by atoms with Crippen molar-refractivity contribution < 1.29 is 19.1 Å². The quantitative estimate of drug-likeness (QED) is 0.628. The van der Waals surface area contributed by atoms with Crippen molar-refractivity contribution in [3.8, 4) is 0 Å². The number of hydrogen-bond donors (Lipinski definition) is 1. The van der Waals surface area contributed by atoms with E-state index < -0.39 is 12.1 Å². The van der Waals surface area contributed by atoms with E-state index in [0.29, 0.717) is 11.3 Å². The van der Waals surface area contributed by atoms with Crippen molar-refractivity contribution in [2.24, 2.45) is 0 Å². The number of carbonyl (C=O) groups is 3. The van der Waals surface area contributed by atoms with Gasteiger partial charge >= 0.3 is 5.97 Å². The molecule has 0 fully saturated rings. The average Bonchev–Trinajstić information content (AvgIpc) is 3.09. The topological polar surface area (TPSA) is 72.5 Å². The maximum absolute atomic E-state index is 12.6. The molecule has 1 amide bonds. The molecule has 1 aliphatic rings. The first kappa shape index (κ1) is 18.8. The van der Waals surface area contributed by atoms with E-state index in [1.807, 2.05) is 18.2 Å². The number of ether oxygens (including phenoxy) is 1. The number of carbonyl (C=O) groups excluding carboxylic acids is 3. The van der Waals surface area contributed by atoms with Gasteiger partial charge in [-0.15, -0.1) is 0 Å². The van der Waals surface area contributed by atoms with Crippen molar-refractivity contribution in [1.82, 2.24) is 0 Å². The van der Waals surface area contributed by atoms with Crippen LogP contribution in [0, 0.1) is 0 Å². The van der Waals surface area contributed by atoms with Crippen LogP contribution in [0.25, 0.3) is 0 Å². The third-order valence-electron chi connectivity index (χ3n) is 4.68. The Hall–Kier alpha value is -2.95. The van der Waals surface area contributed by atoms with Gasteiger partial charge in [-0.1, -0.05) is 24.3 Å². The number of Topliss-reactive ketones (excluding diaryl/α,β-unsaturated/α-hetero) is 1. The van der Waals surface area contributed by atoms with Crippen molar-refractivity contribution in [3.05, 3.63) is 64.7 Å². The normalized spacial score (nSPS) is 13.6. The molecule has 0 saturated heterocycles. The van der Waals surface area contributed by atoms with Crippen LogP contribution < -0.4 is 5.32 Å². The summed E-state index contributed by atoms with van der Waals surface area (Å²) in [5.74, 6) is -0.788. The third-order valence-corrected chi connectivity index (χ3v) is 4.68. The van der Waals surface area contributed by atoms with E-state index in [0.717, 1.165) is 24.8 Å². The number of anilines is 1. The van der Waals surface area contributed by atoms with E-state index in [4.69, 9.17) is 4.74 Å². The Morgan fingerprint density at radius 3 is 2.44 bits per heavy atom. The summed E-state index contributed by atoms with van der Waals surface area (Å²) in [6, 6.07) is 12.7. The summed E-state index contributed by atoms with van der Waals surface area (Å²) in [6.45, 7) is 3.04. The Balaban J connectivity index is 1.57. The second-order valence-electron chi connectivity index (χ2n) is 6.89. The summed E-state index contributed by atoms with van der Waals surface area (Å²) >= 11 is 0. The minimum atomic E-state index is -0.824. The molecule has 1 atom stereocenters. The Bertz CT molecular complexity index is 870. The van der Waals surface area contributed by atoms with Crippen LogP contribution in [0.5, 0.6) is 0 Å². The smallest absolute Gasteiger partial charge is 0.310 e. The highest BCUT2D eigenvalue weighted by atomic mass is 16.5. The average molecular weight is 365 g/mol. The van der Waals surface area contributed by atoms with Crippen LogP contribution >= 0.6 is 0 Å². The molecule has 2 aromatic carbocycles. The molecule has 27 heavy (non-hydrogen) atoms. The fourth-order valence-electron chi connectivity index (χ4n) is 3.33. The van der Waals surface area contributed by atoms with Crippen molar-refractivity contribution >= 4 is 23.3 Å². The van der Waals surface area contributed by atoms with E-state index >= 15 is 0 Å². The number of rotatable bonds is 6.